The van der Waals surface area contributed by atoms with E-state index in [9.17, 15) is 38.8 Å². The SMILES string of the molecule is C/C=C(\C)[C@H]1OC(=O)C(C)(C)NC(=O)C(C(C)CC)NC(=O)CN(C)C(=O)[C@@H](Cc2ccc(C#N)cc2)N(C)C(=O)[C@H](C)NC(=O)[C@@H](CC(C)C)OC(=O)/C(C)=C/C[C@H](OI)[C@@H]1C. The van der Waals surface area contributed by atoms with Crippen LogP contribution in [0.3, 0.4) is 0 Å². The molecular weight excluding hydrogens is 923 g/mol. The molecule has 16 nitrogen and oxygen atoms in total. The molecule has 0 saturated carbocycles. The van der Waals surface area contributed by atoms with Crippen LogP contribution in [0.2, 0.25) is 0 Å². The number of nitrogens with one attached hydrogen (secondary N) is 3. The number of likely N-dealkylation sites (N-methyl/N-ethyl adjacent to an activating group) is 2. The Balaban J connectivity index is 2.71. The van der Waals surface area contributed by atoms with Crippen LogP contribution in [0.1, 0.15) is 107 Å². The van der Waals surface area contributed by atoms with Crippen molar-refractivity contribution in [3.05, 3.63) is 58.7 Å². The normalized spacial score (nSPS) is 27.3. The minimum Gasteiger partial charge on any atom is -0.456 e. The van der Waals surface area contributed by atoms with Gasteiger partial charge in [0.2, 0.25) is 23.6 Å². The van der Waals surface area contributed by atoms with Gasteiger partial charge in [0.05, 0.1) is 24.3 Å². The minimum atomic E-state index is -1.57. The lowest BCUT2D eigenvalue weighted by molar-refractivity contribution is -0.159. The molecule has 0 aliphatic carbocycles. The quantitative estimate of drug-likeness (QED) is 0.182. The molecule has 2 unspecified atom stereocenters. The Morgan fingerprint density at radius 2 is 1.62 bits per heavy atom. The topological polar surface area (TPSA) is 214 Å². The summed E-state index contributed by atoms with van der Waals surface area (Å²) < 4.78 is 17.7. The van der Waals surface area contributed by atoms with Gasteiger partial charge >= 0.3 is 11.9 Å². The maximum absolute atomic E-state index is 14.3. The number of nitriles is 1. The van der Waals surface area contributed by atoms with Crippen molar-refractivity contribution >= 4 is 64.5 Å². The second-order valence-electron chi connectivity index (χ2n) is 17.4. The fourth-order valence-electron chi connectivity index (χ4n) is 6.87. The third-order valence-corrected chi connectivity index (χ3v) is 12.0. The van der Waals surface area contributed by atoms with Crippen LogP contribution in [0.15, 0.2) is 47.6 Å². The summed E-state index contributed by atoms with van der Waals surface area (Å²) in [6.07, 6.45) is 1.59. The highest BCUT2D eigenvalue weighted by atomic mass is 127. The first-order valence-corrected chi connectivity index (χ1v) is 22.2. The first kappa shape index (κ1) is 54.3. The van der Waals surface area contributed by atoms with E-state index in [2.05, 4.69) is 16.0 Å². The van der Waals surface area contributed by atoms with Gasteiger partial charge in [-0.3, -0.25) is 24.0 Å². The summed E-state index contributed by atoms with van der Waals surface area (Å²) in [7, 11) is 2.80. The molecule has 1 aliphatic rings. The zero-order valence-corrected chi connectivity index (χ0v) is 41.2. The molecule has 0 fully saturated rings. The monoisotopic (exact) mass is 990 g/mol. The number of esters is 2. The van der Waals surface area contributed by atoms with Gasteiger partial charge in [-0.25, -0.2) is 9.59 Å². The summed E-state index contributed by atoms with van der Waals surface area (Å²) >= 11 is 1.76. The molecule has 0 spiro atoms. The summed E-state index contributed by atoms with van der Waals surface area (Å²) in [4.78, 5) is 99.4. The van der Waals surface area contributed by atoms with E-state index in [1.807, 2.05) is 33.8 Å². The molecular formula is C46H67IN6O10. The van der Waals surface area contributed by atoms with E-state index in [0.717, 1.165) is 4.90 Å². The van der Waals surface area contributed by atoms with Gasteiger partial charge in [0.1, 0.15) is 52.8 Å². The Morgan fingerprint density at radius 3 is 2.16 bits per heavy atom. The number of cyclic esters (lactones) is 2. The molecule has 1 heterocycles. The summed E-state index contributed by atoms with van der Waals surface area (Å²) in [5, 5.41) is 17.5. The first-order chi connectivity index (χ1) is 29.4. The van der Waals surface area contributed by atoms with Gasteiger partial charge in [-0.1, -0.05) is 65.3 Å². The molecule has 1 aliphatic heterocycles. The number of benzene rings is 1. The summed E-state index contributed by atoms with van der Waals surface area (Å²) in [6, 6.07) is 5.04. The van der Waals surface area contributed by atoms with Gasteiger partial charge in [-0.05, 0) is 89.5 Å². The fraction of sp³-hybridized carbons (Fsp3) is 0.609. The van der Waals surface area contributed by atoms with E-state index in [1.165, 1.54) is 39.8 Å². The Labute approximate surface area is 386 Å². The van der Waals surface area contributed by atoms with Crippen molar-refractivity contribution in [3.8, 4) is 6.07 Å². The van der Waals surface area contributed by atoms with Gasteiger partial charge in [0.25, 0.3) is 5.91 Å². The predicted molar refractivity (Wildman–Crippen MR) is 245 cm³/mol. The van der Waals surface area contributed by atoms with Crippen molar-refractivity contribution < 1.29 is 46.1 Å². The van der Waals surface area contributed by atoms with Crippen molar-refractivity contribution in [2.75, 3.05) is 20.6 Å². The number of hydrogen-bond acceptors (Lipinski definition) is 11. The van der Waals surface area contributed by atoms with Crippen LogP contribution in [0.4, 0.5) is 0 Å². The maximum atomic E-state index is 14.3. The number of halogens is 1. The fourth-order valence-corrected chi connectivity index (χ4v) is 7.54. The lowest BCUT2D eigenvalue weighted by Crippen LogP contribution is -2.60. The average molecular weight is 991 g/mol. The molecule has 8 atom stereocenters. The summed E-state index contributed by atoms with van der Waals surface area (Å²) in [5.41, 5.74) is 0.353. The van der Waals surface area contributed by atoms with E-state index < -0.39 is 102 Å². The van der Waals surface area contributed by atoms with Crippen molar-refractivity contribution in [1.82, 2.24) is 25.8 Å². The van der Waals surface area contributed by atoms with Gasteiger partial charge in [-0.2, -0.15) is 5.26 Å². The van der Waals surface area contributed by atoms with Gasteiger partial charge in [-0.15, -0.1) is 0 Å². The van der Waals surface area contributed by atoms with Crippen LogP contribution in [0, 0.1) is 29.1 Å². The highest BCUT2D eigenvalue weighted by molar-refractivity contribution is 14.1. The molecule has 0 bridgehead atoms. The van der Waals surface area contributed by atoms with Crippen LogP contribution in [-0.2, 0) is 52.5 Å². The Morgan fingerprint density at radius 1 is 1.00 bits per heavy atom. The zero-order chi connectivity index (χ0) is 47.9. The first-order valence-electron chi connectivity index (χ1n) is 21.3. The third kappa shape index (κ3) is 15.7. The molecule has 0 radical (unpaired) electrons. The smallest absolute Gasteiger partial charge is 0.334 e. The molecule has 0 saturated heterocycles. The van der Waals surface area contributed by atoms with E-state index in [0.29, 0.717) is 23.1 Å². The number of hydrogen-bond donors (Lipinski definition) is 3. The van der Waals surface area contributed by atoms with Crippen LogP contribution in [0.5, 0.6) is 0 Å². The molecule has 1 aromatic carbocycles. The van der Waals surface area contributed by atoms with E-state index in [4.69, 9.17) is 12.5 Å². The summed E-state index contributed by atoms with van der Waals surface area (Å²) in [5.74, 6) is -5.71. The lowest BCUT2D eigenvalue weighted by Gasteiger charge is -2.34. The van der Waals surface area contributed by atoms with Gasteiger partial charge < -0.3 is 38.3 Å². The van der Waals surface area contributed by atoms with Crippen molar-refractivity contribution in [1.29, 1.82) is 5.26 Å². The number of amides is 5. The number of rotatable bonds is 8. The number of nitrogens with zero attached hydrogens (tertiary/aromatic N) is 3. The molecule has 348 valence electrons. The molecule has 3 N–H and O–H groups in total. The molecule has 17 heteroatoms. The largest absolute Gasteiger partial charge is 0.456 e. The minimum absolute atomic E-state index is 0.0155. The highest BCUT2D eigenvalue weighted by Crippen LogP contribution is 2.28. The molecule has 63 heavy (non-hydrogen) atoms. The van der Waals surface area contributed by atoms with Gasteiger partial charge in [0, 0.05) is 32.0 Å². The second-order valence-corrected chi connectivity index (χ2v) is 17.9. The van der Waals surface area contributed by atoms with Crippen LogP contribution in [0.25, 0.3) is 0 Å². The average Bonchev–Trinajstić information content (AvgIpc) is 3.24. The zero-order valence-electron chi connectivity index (χ0n) is 39.0. The Kier molecular flexibility index (Phi) is 21.4. The van der Waals surface area contributed by atoms with Crippen molar-refractivity contribution in [2.24, 2.45) is 17.8 Å². The van der Waals surface area contributed by atoms with E-state index in [-0.39, 0.29) is 30.8 Å². The van der Waals surface area contributed by atoms with E-state index >= 15 is 0 Å². The van der Waals surface area contributed by atoms with Crippen LogP contribution < -0.4 is 16.0 Å². The Hall–Kier alpha value is -4.83. The maximum Gasteiger partial charge on any atom is 0.334 e. The molecule has 1 aromatic rings. The van der Waals surface area contributed by atoms with Crippen molar-refractivity contribution in [2.45, 2.75) is 144 Å². The summed E-state index contributed by atoms with van der Waals surface area (Å²) in [6.45, 7) is 18.3. The third-order valence-electron chi connectivity index (χ3n) is 11.4. The number of carbonyl (C=O) groups excluding carboxylic acids is 7. The highest BCUT2D eigenvalue weighted by Gasteiger charge is 2.40. The van der Waals surface area contributed by atoms with Crippen LogP contribution in [-0.4, -0.2) is 114 Å². The molecule has 0 aromatic heterocycles. The standard InChI is InChI=1S/C46H67IN6O10/c1-14-27(5)38-41(56)51-46(10,11)45(60)62-39(28(6)15-2)30(8)35(63-47)21-16-29(7)44(59)61-36(22-26(3)4)40(55)49-31(9)42(57)53(13)34(43(58)52(12)25-37(54)50-38)23-32-17-19-33(24-48)20-18-32/h15-20,26-27,30-31,34-36,38-39H,14,21-23,25H2,1-13H3,(H,49,55)(H,50,54)(H,51,56)/b28-15+,29-16+/t27?,30-,31-,34+,35-,36+,38?,39+/m0/s1. The Bertz CT molecular complexity index is 1910. The predicted octanol–water partition coefficient (Wildman–Crippen LogP) is 4.87. The number of ether oxygens (including phenoxy) is 2. The number of allylic oxidation sites excluding steroid dienone is 1. The van der Waals surface area contributed by atoms with E-state index in [1.54, 1.807) is 87.1 Å². The molecule has 2 rings (SSSR count). The second kappa shape index (κ2) is 24.9. The lowest BCUT2D eigenvalue weighted by atomic mass is 9.90. The van der Waals surface area contributed by atoms with Crippen molar-refractivity contribution in [3.63, 3.8) is 0 Å². The molecule has 5 amide bonds. The number of carbonyl (C=O) groups is 7. The van der Waals surface area contributed by atoms with Crippen LogP contribution >= 0.6 is 23.0 Å². The van der Waals surface area contributed by atoms with Gasteiger partial charge in [0.15, 0.2) is 6.10 Å².